The van der Waals surface area contributed by atoms with Crippen molar-refractivity contribution in [1.29, 1.82) is 0 Å². The summed E-state index contributed by atoms with van der Waals surface area (Å²) in [5.41, 5.74) is 0.275. The second kappa shape index (κ2) is 3.72. The fourth-order valence-corrected chi connectivity index (χ4v) is 3.65. The Bertz CT molecular complexity index is 462. The van der Waals surface area contributed by atoms with Gasteiger partial charge in [-0.25, -0.2) is 13.1 Å². The second-order valence-corrected chi connectivity index (χ2v) is 5.63. The summed E-state index contributed by atoms with van der Waals surface area (Å²) in [5, 5.41) is 0. The molecule has 1 radical (unpaired) electrons. The number of rotatable bonds is 0. The zero-order chi connectivity index (χ0) is 8.93. The number of sulfonamides is 1. The number of aryl methyl sites for hydroxylation is 1. The van der Waals surface area contributed by atoms with Gasteiger partial charge in [-0.2, -0.15) is 0 Å². The van der Waals surface area contributed by atoms with Gasteiger partial charge in [0.25, 0.3) is 15.9 Å². The third kappa shape index (κ3) is 1.92. The zero-order valence-electron chi connectivity index (χ0n) is 7.12. The molecule has 1 aromatic rings. The van der Waals surface area contributed by atoms with Crippen LogP contribution in [0.1, 0.15) is 15.2 Å². The van der Waals surface area contributed by atoms with Crippen LogP contribution in [-0.2, 0) is 10.0 Å². The molecule has 2 heterocycles. The van der Waals surface area contributed by atoms with Crippen molar-refractivity contribution in [2.45, 2.75) is 11.1 Å². The van der Waals surface area contributed by atoms with Crippen molar-refractivity contribution in [3.8, 4) is 0 Å². The van der Waals surface area contributed by atoms with Gasteiger partial charge in [-0.05, 0) is 13.0 Å². The van der Waals surface area contributed by atoms with Gasteiger partial charge in [0.05, 0.1) is 5.56 Å². The Hall–Kier alpha value is 0.756. The predicted molar refractivity (Wildman–Crippen MR) is 49.5 cm³/mol. The van der Waals surface area contributed by atoms with Gasteiger partial charge in [-0.3, -0.25) is 4.79 Å². The standard InChI is InChI=1S/C6H5NO3S2.K/c1-3-2-4-5(8)7-12(9,10)6(4)11-3;/h2H,1H3,(H,7,8);. The summed E-state index contributed by atoms with van der Waals surface area (Å²) in [6.07, 6.45) is 0. The van der Waals surface area contributed by atoms with Gasteiger partial charge in [0.1, 0.15) is 0 Å². The molecule has 13 heavy (non-hydrogen) atoms. The molecule has 2 rings (SSSR count). The van der Waals surface area contributed by atoms with Gasteiger partial charge in [0.2, 0.25) is 0 Å². The first kappa shape index (κ1) is 11.8. The quantitative estimate of drug-likeness (QED) is 0.657. The number of amides is 1. The molecule has 1 aliphatic heterocycles. The topological polar surface area (TPSA) is 63.2 Å². The molecule has 0 saturated carbocycles. The van der Waals surface area contributed by atoms with Gasteiger partial charge >= 0.3 is 0 Å². The van der Waals surface area contributed by atoms with Gasteiger partial charge in [0, 0.05) is 56.3 Å². The molecule has 65 valence electrons. The molecule has 1 N–H and O–H groups in total. The Morgan fingerprint density at radius 3 is 2.62 bits per heavy atom. The van der Waals surface area contributed by atoms with Crippen LogP contribution in [0, 0.1) is 6.92 Å². The van der Waals surface area contributed by atoms with E-state index < -0.39 is 15.9 Å². The van der Waals surface area contributed by atoms with Crippen molar-refractivity contribution in [3.63, 3.8) is 0 Å². The molecule has 0 spiro atoms. The summed E-state index contributed by atoms with van der Waals surface area (Å²) in [4.78, 5) is 11.8. The monoisotopic (exact) mass is 242 g/mol. The van der Waals surface area contributed by atoms with E-state index in [-0.39, 0.29) is 61.2 Å². The van der Waals surface area contributed by atoms with Crippen molar-refractivity contribution in [2.75, 3.05) is 0 Å². The molecule has 0 fully saturated rings. The molecule has 0 saturated heterocycles. The first-order valence-corrected chi connectivity index (χ1v) is 5.48. The average molecular weight is 242 g/mol. The number of hydrogen-bond donors (Lipinski definition) is 1. The molecule has 1 amide bonds. The first-order valence-electron chi connectivity index (χ1n) is 3.18. The summed E-state index contributed by atoms with van der Waals surface area (Å²) in [6.45, 7) is 1.77. The number of carbonyl (C=O) groups excluding carboxylic acids is 1. The fraction of sp³-hybridized carbons (Fsp3) is 0.167. The normalized spacial score (nSPS) is 17.5. The largest absolute Gasteiger partial charge is 0.274 e. The van der Waals surface area contributed by atoms with Crippen LogP contribution < -0.4 is 4.72 Å². The van der Waals surface area contributed by atoms with Crippen LogP contribution in [0.25, 0.3) is 0 Å². The molecule has 1 aromatic heterocycles. The van der Waals surface area contributed by atoms with Gasteiger partial charge < -0.3 is 0 Å². The number of carbonyl (C=O) groups is 1. The van der Waals surface area contributed by atoms with Crippen LogP contribution in [0.5, 0.6) is 0 Å². The Balaban J connectivity index is 0.000000845. The van der Waals surface area contributed by atoms with E-state index in [4.69, 9.17) is 0 Å². The molecule has 7 heteroatoms. The molecule has 0 unspecified atom stereocenters. The van der Waals surface area contributed by atoms with Crippen LogP contribution >= 0.6 is 11.3 Å². The molecule has 4 nitrogen and oxygen atoms in total. The van der Waals surface area contributed by atoms with E-state index in [1.54, 1.807) is 13.0 Å². The predicted octanol–water partition coefficient (Wildman–Crippen LogP) is 0.108. The average Bonchev–Trinajstić information content (AvgIpc) is 2.37. The van der Waals surface area contributed by atoms with Crippen LogP contribution in [-0.4, -0.2) is 65.7 Å². The summed E-state index contributed by atoms with van der Waals surface area (Å²) in [6, 6.07) is 1.58. The summed E-state index contributed by atoms with van der Waals surface area (Å²) >= 11 is 1.12. The van der Waals surface area contributed by atoms with E-state index >= 15 is 0 Å². The molecule has 1 aliphatic rings. The summed E-state index contributed by atoms with van der Waals surface area (Å²) in [5.74, 6) is -0.519. The summed E-state index contributed by atoms with van der Waals surface area (Å²) in [7, 11) is -3.51. The number of fused-ring (bicyclic) bond motifs is 1. The van der Waals surface area contributed by atoms with Crippen LogP contribution in [0.2, 0.25) is 0 Å². The van der Waals surface area contributed by atoms with Crippen LogP contribution in [0.4, 0.5) is 0 Å². The zero-order valence-corrected chi connectivity index (χ0v) is 11.9. The van der Waals surface area contributed by atoms with E-state index in [2.05, 4.69) is 0 Å². The fourth-order valence-electron chi connectivity index (χ4n) is 1.07. The van der Waals surface area contributed by atoms with E-state index in [1.165, 1.54) is 0 Å². The number of hydrogen-bond acceptors (Lipinski definition) is 4. The maximum absolute atomic E-state index is 11.2. The third-order valence-corrected chi connectivity index (χ3v) is 4.45. The summed E-state index contributed by atoms with van der Waals surface area (Å²) < 4.78 is 24.4. The SMILES string of the molecule is Cc1cc2c(s1)S(=O)(=O)NC2=O.[K]. The molecule has 0 bridgehead atoms. The van der Waals surface area contributed by atoms with Crippen molar-refractivity contribution >= 4 is 78.7 Å². The molecule has 0 atom stereocenters. The van der Waals surface area contributed by atoms with Crippen molar-refractivity contribution in [3.05, 3.63) is 16.5 Å². The number of nitrogens with one attached hydrogen (secondary N) is 1. The second-order valence-electron chi connectivity index (χ2n) is 2.49. The Morgan fingerprint density at radius 2 is 2.08 bits per heavy atom. The third-order valence-electron chi connectivity index (χ3n) is 1.54. The molecule has 0 aliphatic carbocycles. The molecular weight excluding hydrogens is 237 g/mol. The number of thiophene rings is 1. The molecule has 0 aromatic carbocycles. The van der Waals surface area contributed by atoms with E-state index in [1.807, 2.05) is 4.72 Å². The Kier molecular flexibility index (Phi) is 3.39. The minimum Gasteiger partial charge on any atom is -0.268 e. The van der Waals surface area contributed by atoms with Crippen LogP contribution in [0.3, 0.4) is 0 Å². The minimum atomic E-state index is -3.51. The van der Waals surface area contributed by atoms with Gasteiger partial charge in [-0.1, -0.05) is 0 Å². The van der Waals surface area contributed by atoms with Crippen molar-refractivity contribution in [1.82, 2.24) is 4.72 Å². The van der Waals surface area contributed by atoms with Crippen molar-refractivity contribution < 1.29 is 13.2 Å². The van der Waals surface area contributed by atoms with E-state index in [9.17, 15) is 13.2 Å². The maximum atomic E-state index is 11.2. The smallest absolute Gasteiger partial charge is 0.268 e. The van der Waals surface area contributed by atoms with Crippen molar-refractivity contribution in [2.24, 2.45) is 0 Å². The van der Waals surface area contributed by atoms with Gasteiger partial charge in [-0.15, -0.1) is 11.3 Å². The van der Waals surface area contributed by atoms with Crippen LogP contribution in [0.15, 0.2) is 10.3 Å². The first-order chi connectivity index (χ1) is 5.50. The Labute approximate surface area is 122 Å². The minimum absolute atomic E-state index is 0. The van der Waals surface area contributed by atoms with Gasteiger partial charge in [0.15, 0.2) is 4.21 Å². The molecular formula is C6H5KNO3S2. The van der Waals surface area contributed by atoms with E-state index in [0.717, 1.165) is 16.2 Å². The maximum Gasteiger partial charge on any atom is 0.274 e. The Morgan fingerprint density at radius 1 is 1.46 bits per heavy atom. The van der Waals surface area contributed by atoms with E-state index in [0.29, 0.717) is 0 Å².